The minimum atomic E-state index is 1.06. The number of rotatable bonds is 7. The van der Waals surface area contributed by atoms with Crippen molar-refractivity contribution in [3.63, 3.8) is 0 Å². The maximum absolute atomic E-state index is 3.32. The summed E-state index contributed by atoms with van der Waals surface area (Å²) in [6, 6.07) is 0. The smallest absolute Gasteiger partial charge is 0.00766 e. The second-order valence-electron chi connectivity index (χ2n) is 2.31. The molecule has 0 saturated heterocycles. The molecular weight excluding hydrogens is 126 g/mol. The van der Waals surface area contributed by atoms with Gasteiger partial charge in [-0.3, -0.25) is 0 Å². The van der Waals surface area contributed by atoms with Crippen LogP contribution in [-0.2, 0) is 0 Å². The van der Waals surface area contributed by atoms with E-state index in [4.69, 9.17) is 0 Å². The fraction of sp³-hybridized carbons (Fsp3) is 1.00. The molecule has 62 valence electrons. The first-order valence-corrected chi connectivity index (χ1v) is 3.91. The Balaban J connectivity index is 2.65. The Morgan fingerprint density at radius 3 is 2.10 bits per heavy atom. The van der Waals surface area contributed by atoms with Crippen molar-refractivity contribution < 1.29 is 0 Å². The fourth-order valence-corrected chi connectivity index (χ4v) is 0.729. The van der Waals surface area contributed by atoms with Gasteiger partial charge in [0.25, 0.3) is 0 Å². The van der Waals surface area contributed by atoms with Gasteiger partial charge in [0.15, 0.2) is 0 Å². The van der Waals surface area contributed by atoms with Gasteiger partial charge in [-0.25, -0.2) is 0 Å². The lowest BCUT2D eigenvalue weighted by Gasteiger charge is -2.02. The van der Waals surface area contributed by atoms with Gasteiger partial charge in [0.2, 0.25) is 0 Å². The van der Waals surface area contributed by atoms with Crippen molar-refractivity contribution in [2.45, 2.75) is 6.42 Å². The average molecular weight is 145 g/mol. The molecule has 0 aliphatic carbocycles. The second-order valence-corrected chi connectivity index (χ2v) is 2.31. The molecule has 0 atom stereocenters. The van der Waals surface area contributed by atoms with Gasteiger partial charge in [0, 0.05) is 13.1 Å². The highest BCUT2D eigenvalue weighted by atomic mass is 14.9. The van der Waals surface area contributed by atoms with E-state index < -0.39 is 0 Å². The summed E-state index contributed by atoms with van der Waals surface area (Å²) in [5.74, 6) is 0. The molecule has 0 aromatic heterocycles. The van der Waals surface area contributed by atoms with Crippen LogP contribution in [0.25, 0.3) is 0 Å². The predicted octanol–water partition coefficient (Wildman–Crippen LogP) is -0.595. The van der Waals surface area contributed by atoms with Crippen LogP contribution in [0.3, 0.4) is 0 Å². The lowest BCUT2D eigenvalue weighted by molar-refractivity contribution is 0.609. The van der Waals surface area contributed by atoms with Gasteiger partial charge < -0.3 is 16.0 Å². The van der Waals surface area contributed by atoms with E-state index in [1.165, 1.54) is 6.42 Å². The SMILES string of the molecule is CNCCCNCCNC. The van der Waals surface area contributed by atoms with E-state index in [9.17, 15) is 0 Å². The molecule has 0 aliphatic heterocycles. The summed E-state index contributed by atoms with van der Waals surface area (Å²) in [6.07, 6.45) is 1.21. The zero-order chi connectivity index (χ0) is 7.66. The molecule has 0 aromatic rings. The molecule has 0 aromatic carbocycles. The zero-order valence-electron chi connectivity index (χ0n) is 7.04. The maximum Gasteiger partial charge on any atom is 0.00766 e. The van der Waals surface area contributed by atoms with E-state index in [-0.39, 0.29) is 0 Å². The van der Waals surface area contributed by atoms with Crippen LogP contribution in [0.15, 0.2) is 0 Å². The van der Waals surface area contributed by atoms with Crippen LogP contribution in [0, 0.1) is 0 Å². The van der Waals surface area contributed by atoms with E-state index >= 15 is 0 Å². The van der Waals surface area contributed by atoms with Crippen molar-refractivity contribution in [1.29, 1.82) is 0 Å². The fourth-order valence-electron chi connectivity index (χ4n) is 0.729. The van der Waals surface area contributed by atoms with Gasteiger partial charge in [-0.05, 0) is 33.6 Å². The third-order valence-corrected chi connectivity index (χ3v) is 1.33. The molecule has 3 N–H and O–H groups in total. The largest absolute Gasteiger partial charge is 0.320 e. The van der Waals surface area contributed by atoms with Crippen LogP contribution in [0.2, 0.25) is 0 Å². The van der Waals surface area contributed by atoms with Crippen molar-refractivity contribution in [3.05, 3.63) is 0 Å². The molecule has 0 bridgehead atoms. The molecule has 3 heteroatoms. The Hall–Kier alpha value is -0.120. The quantitative estimate of drug-likeness (QED) is 0.419. The second kappa shape index (κ2) is 8.88. The number of hydrogen-bond acceptors (Lipinski definition) is 3. The average Bonchev–Trinajstić information content (AvgIpc) is 1.97. The molecule has 10 heavy (non-hydrogen) atoms. The summed E-state index contributed by atoms with van der Waals surface area (Å²) in [5, 5.41) is 9.50. The molecule has 0 fully saturated rings. The third-order valence-electron chi connectivity index (χ3n) is 1.33. The topological polar surface area (TPSA) is 36.1 Å². The number of likely N-dealkylation sites (N-methyl/N-ethyl adjacent to an activating group) is 1. The van der Waals surface area contributed by atoms with Crippen molar-refractivity contribution >= 4 is 0 Å². The van der Waals surface area contributed by atoms with Gasteiger partial charge in [-0.1, -0.05) is 0 Å². The van der Waals surface area contributed by atoms with Crippen LogP contribution in [0.4, 0.5) is 0 Å². The summed E-state index contributed by atoms with van der Waals surface area (Å²) in [6.45, 7) is 4.34. The van der Waals surface area contributed by atoms with Crippen LogP contribution in [0.5, 0.6) is 0 Å². The van der Waals surface area contributed by atoms with Gasteiger partial charge >= 0.3 is 0 Å². The molecule has 0 heterocycles. The minimum absolute atomic E-state index is 1.06. The number of nitrogens with one attached hydrogen (secondary N) is 3. The molecule has 0 radical (unpaired) electrons. The highest BCUT2D eigenvalue weighted by molar-refractivity contribution is 4.50. The van der Waals surface area contributed by atoms with Crippen LogP contribution >= 0.6 is 0 Å². The normalized spacial score (nSPS) is 10.2. The van der Waals surface area contributed by atoms with E-state index in [1.54, 1.807) is 0 Å². The third kappa shape index (κ3) is 7.88. The highest BCUT2D eigenvalue weighted by Gasteiger charge is 1.84. The monoisotopic (exact) mass is 145 g/mol. The van der Waals surface area contributed by atoms with Gasteiger partial charge in [-0.15, -0.1) is 0 Å². The van der Waals surface area contributed by atoms with Crippen molar-refractivity contribution in [3.8, 4) is 0 Å². The summed E-state index contributed by atoms with van der Waals surface area (Å²) in [4.78, 5) is 0. The van der Waals surface area contributed by atoms with Crippen LogP contribution in [-0.4, -0.2) is 40.3 Å². The summed E-state index contributed by atoms with van der Waals surface area (Å²) < 4.78 is 0. The van der Waals surface area contributed by atoms with Gasteiger partial charge in [0.05, 0.1) is 0 Å². The Morgan fingerprint density at radius 1 is 0.800 bits per heavy atom. The maximum atomic E-state index is 3.32. The summed E-state index contributed by atoms with van der Waals surface area (Å²) >= 11 is 0. The Bertz CT molecular complexity index is 48.8. The van der Waals surface area contributed by atoms with E-state index in [2.05, 4.69) is 16.0 Å². The molecule has 0 unspecified atom stereocenters. The molecule has 0 spiro atoms. The van der Waals surface area contributed by atoms with Gasteiger partial charge in [-0.2, -0.15) is 0 Å². The van der Waals surface area contributed by atoms with E-state index in [0.717, 1.165) is 26.2 Å². The van der Waals surface area contributed by atoms with Crippen LogP contribution < -0.4 is 16.0 Å². The summed E-state index contributed by atoms with van der Waals surface area (Å²) in [5.41, 5.74) is 0. The molecular formula is C7H19N3. The van der Waals surface area contributed by atoms with Crippen molar-refractivity contribution in [2.24, 2.45) is 0 Å². The summed E-state index contributed by atoms with van der Waals surface area (Å²) in [7, 11) is 3.95. The molecule has 0 rings (SSSR count). The lowest BCUT2D eigenvalue weighted by Crippen LogP contribution is -2.27. The Kier molecular flexibility index (Phi) is 8.77. The van der Waals surface area contributed by atoms with Crippen molar-refractivity contribution in [2.75, 3.05) is 40.3 Å². The van der Waals surface area contributed by atoms with Gasteiger partial charge in [0.1, 0.15) is 0 Å². The Morgan fingerprint density at radius 2 is 1.50 bits per heavy atom. The van der Waals surface area contributed by atoms with E-state index in [0.29, 0.717) is 0 Å². The van der Waals surface area contributed by atoms with Crippen LogP contribution in [0.1, 0.15) is 6.42 Å². The zero-order valence-corrected chi connectivity index (χ0v) is 7.04. The first-order chi connectivity index (χ1) is 4.91. The molecule has 3 nitrogen and oxygen atoms in total. The molecule has 0 saturated carbocycles. The first kappa shape index (κ1) is 9.88. The standard InChI is InChI=1S/C7H19N3/c1-8-4-3-5-10-7-6-9-2/h8-10H,3-7H2,1-2H3. The Labute approximate surface area is 63.6 Å². The lowest BCUT2D eigenvalue weighted by atomic mass is 10.4. The minimum Gasteiger partial charge on any atom is -0.320 e. The predicted molar refractivity (Wildman–Crippen MR) is 45.3 cm³/mol. The highest BCUT2D eigenvalue weighted by Crippen LogP contribution is 1.69. The van der Waals surface area contributed by atoms with E-state index in [1.807, 2.05) is 14.1 Å². The number of hydrogen-bond donors (Lipinski definition) is 3. The molecule has 0 aliphatic rings. The van der Waals surface area contributed by atoms with Crippen molar-refractivity contribution in [1.82, 2.24) is 16.0 Å². The first-order valence-electron chi connectivity index (χ1n) is 3.91. The molecule has 0 amide bonds.